The van der Waals surface area contributed by atoms with Gasteiger partial charge in [0.1, 0.15) is 0 Å². The Kier molecular flexibility index (Phi) is 8.89. The first-order chi connectivity index (χ1) is 11.7. The molecule has 5 nitrogen and oxygen atoms in total. The van der Waals surface area contributed by atoms with Crippen LogP contribution in [0, 0.1) is 5.92 Å². The van der Waals surface area contributed by atoms with Crippen LogP contribution in [0.2, 0.25) is 0 Å². The van der Waals surface area contributed by atoms with E-state index in [2.05, 4.69) is 34.2 Å². The third kappa shape index (κ3) is 7.39. The van der Waals surface area contributed by atoms with E-state index in [4.69, 9.17) is 4.74 Å². The summed E-state index contributed by atoms with van der Waals surface area (Å²) in [4.78, 5) is 9.10. The second-order valence-electron chi connectivity index (χ2n) is 7.54. The maximum absolute atomic E-state index is 5.72. The number of ether oxygens (including phenoxy) is 1. The largest absolute Gasteiger partial charge is 0.379 e. The zero-order valence-electron chi connectivity index (χ0n) is 16.1. The van der Waals surface area contributed by atoms with Crippen molar-refractivity contribution in [3.05, 3.63) is 0 Å². The smallest absolute Gasteiger partial charge is 0.193 e. The summed E-state index contributed by atoms with van der Waals surface area (Å²) in [6.45, 7) is 4.78. The molecule has 0 bridgehead atoms. The van der Waals surface area contributed by atoms with Crippen molar-refractivity contribution in [1.82, 2.24) is 15.1 Å². The summed E-state index contributed by atoms with van der Waals surface area (Å²) < 4.78 is 5.72. The normalized spacial score (nSPS) is 19.8. The van der Waals surface area contributed by atoms with Gasteiger partial charge in [-0.2, -0.15) is 0 Å². The van der Waals surface area contributed by atoms with Gasteiger partial charge in [-0.25, -0.2) is 0 Å². The van der Waals surface area contributed by atoms with E-state index in [1.807, 2.05) is 7.05 Å². The highest BCUT2D eigenvalue weighted by atomic mass is 16.5. The summed E-state index contributed by atoms with van der Waals surface area (Å²) in [5, 5.41) is 3.48. The molecule has 2 aliphatic carbocycles. The van der Waals surface area contributed by atoms with Crippen molar-refractivity contribution in [2.45, 2.75) is 57.4 Å². The molecule has 2 rings (SSSR count). The number of guanidine groups is 1. The Morgan fingerprint density at radius 3 is 2.50 bits per heavy atom. The second kappa shape index (κ2) is 10.9. The highest BCUT2D eigenvalue weighted by Gasteiger charge is 2.21. The Labute approximate surface area is 148 Å². The number of hydrogen-bond acceptors (Lipinski definition) is 3. The van der Waals surface area contributed by atoms with Crippen LogP contribution in [-0.2, 0) is 4.74 Å². The van der Waals surface area contributed by atoms with Crippen molar-refractivity contribution < 1.29 is 4.74 Å². The lowest BCUT2D eigenvalue weighted by molar-refractivity contribution is 0.115. The molecule has 0 aromatic rings. The van der Waals surface area contributed by atoms with Crippen LogP contribution in [0.15, 0.2) is 4.99 Å². The van der Waals surface area contributed by atoms with Gasteiger partial charge in [-0.1, -0.05) is 19.3 Å². The number of rotatable bonds is 10. The van der Waals surface area contributed by atoms with Crippen LogP contribution < -0.4 is 5.32 Å². The van der Waals surface area contributed by atoms with Crippen molar-refractivity contribution in [3.8, 4) is 0 Å². The van der Waals surface area contributed by atoms with E-state index in [0.717, 1.165) is 50.6 Å². The fourth-order valence-corrected chi connectivity index (χ4v) is 3.46. The average Bonchev–Trinajstić information content (AvgIpc) is 3.43. The number of nitrogens with one attached hydrogen (secondary N) is 1. The molecule has 2 fully saturated rings. The van der Waals surface area contributed by atoms with Crippen molar-refractivity contribution in [3.63, 3.8) is 0 Å². The van der Waals surface area contributed by atoms with Crippen molar-refractivity contribution in [2.75, 3.05) is 54.0 Å². The predicted octanol–water partition coefficient (Wildman–Crippen LogP) is 2.57. The Hall–Kier alpha value is -0.810. The molecule has 2 saturated carbocycles. The van der Waals surface area contributed by atoms with E-state index in [9.17, 15) is 0 Å². The minimum Gasteiger partial charge on any atom is -0.379 e. The number of likely N-dealkylation sites (N-methyl/N-ethyl adjacent to an activating group) is 1. The van der Waals surface area contributed by atoms with E-state index in [1.165, 1.54) is 51.5 Å². The Balaban J connectivity index is 1.53. The van der Waals surface area contributed by atoms with Gasteiger partial charge in [-0.3, -0.25) is 4.99 Å². The summed E-state index contributed by atoms with van der Waals surface area (Å²) in [6.07, 6.45) is 10.9. The Morgan fingerprint density at radius 1 is 1.08 bits per heavy atom. The van der Waals surface area contributed by atoms with Crippen molar-refractivity contribution in [2.24, 2.45) is 10.9 Å². The first kappa shape index (κ1) is 19.5. The fourth-order valence-electron chi connectivity index (χ4n) is 3.46. The lowest BCUT2D eigenvalue weighted by atomic mass is 9.94. The highest BCUT2D eigenvalue weighted by molar-refractivity contribution is 5.79. The second-order valence-corrected chi connectivity index (χ2v) is 7.54. The van der Waals surface area contributed by atoms with Gasteiger partial charge in [0, 0.05) is 39.8 Å². The standard InChI is InChI=1S/C19H38N4O/c1-20-19(23(3)14-15-24-16-17-10-11-17)21-12-7-13-22(2)18-8-5-4-6-9-18/h17-18H,4-16H2,1-3H3,(H,20,21). The fraction of sp³-hybridized carbons (Fsp3) is 0.947. The Bertz CT molecular complexity index is 364. The molecule has 0 unspecified atom stereocenters. The van der Waals surface area contributed by atoms with Gasteiger partial charge in [0.2, 0.25) is 0 Å². The van der Waals surface area contributed by atoms with Crippen molar-refractivity contribution in [1.29, 1.82) is 0 Å². The average molecular weight is 339 g/mol. The minimum absolute atomic E-state index is 0.790. The molecule has 5 heteroatoms. The van der Waals surface area contributed by atoms with Crippen LogP contribution in [0.4, 0.5) is 0 Å². The predicted molar refractivity (Wildman–Crippen MR) is 102 cm³/mol. The number of hydrogen-bond donors (Lipinski definition) is 1. The molecule has 0 atom stereocenters. The quantitative estimate of drug-likeness (QED) is 0.378. The molecule has 0 radical (unpaired) electrons. The van der Waals surface area contributed by atoms with Gasteiger partial charge in [0.25, 0.3) is 0 Å². The molecule has 0 aromatic carbocycles. The minimum atomic E-state index is 0.790. The third-order valence-corrected chi connectivity index (χ3v) is 5.36. The van der Waals surface area contributed by atoms with E-state index < -0.39 is 0 Å². The van der Waals surface area contributed by atoms with Gasteiger partial charge < -0.3 is 19.9 Å². The highest BCUT2D eigenvalue weighted by Crippen LogP contribution is 2.28. The molecule has 0 aliphatic heterocycles. The van der Waals surface area contributed by atoms with Gasteiger partial charge in [0.05, 0.1) is 6.61 Å². The SMILES string of the molecule is CN=C(NCCCN(C)C1CCCCC1)N(C)CCOCC1CC1. The summed E-state index contributed by atoms with van der Waals surface area (Å²) in [6, 6.07) is 0.810. The van der Waals surface area contributed by atoms with Crippen LogP contribution in [-0.4, -0.2) is 75.8 Å². The van der Waals surface area contributed by atoms with Crippen LogP contribution >= 0.6 is 0 Å². The topological polar surface area (TPSA) is 40.1 Å². The molecular weight excluding hydrogens is 300 g/mol. The maximum Gasteiger partial charge on any atom is 0.193 e. The van der Waals surface area contributed by atoms with Gasteiger partial charge >= 0.3 is 0 Å². The molecule has 140 valence electrons. The van der Waals surface area contributed by atoms with Crippen molar-refractivity contribution >= 4 is 5.96 Å². The van der Waals surface area contributed by atoms with E-state index in [0.29, 0.717) is 0 Å². The molecule has 1 N–H and O–H groups in total. The summed E-state index contributed by atoms with van der Waals surface area (Å²) in [5.74, 6) is 1.82. The Morgan fingerprint density at radius 2 is 1.83 bits per heavy atom. The molecule has 0 saturated heterocycles. The zero-order valence-corrected chi connectivity index (χ0v) is 16.1. The summed E-state index contributed by atoms with van der Waals surface area (Å²) in [5.41, 5.74) is 0. The molecule has 0 amide bonds. The lowest BCUT2D eigenvalue weighted by Crippen LogP contribution is -2.42. The third-order valence-electron chi connectivity index (χ3n) is 5.36. The number of nitrogens with zero attached hydrogens (tertiary/aromatic N) is 3. The summed E-state index contributed by atoms with van der Waals surface area (Å²) >= 11 is 0. The monoisotopic (exact) mass is 338 g/mol. The maximum atomic E-state index is 5.72. The zero-order chi connectivity index (χ0) is 17.2. The molecule has 24 heavy (non-hydrogen) atoms. The first-order valence-electron chi connectivity index (χ1n) is 9.90. The van der Waals surface area contributed by atoms with Gasteiger partial charge in [-0.05, 0) is 51.6 Å². The molecule has 0 aromatic heterocycles. The van der Waals surface area contributed by atoms with E-state index >= 15 is 0 Å². The first-order valence-corrected chi connectivity index (χ1v) is 9.90. The summed E-state index contributed by atoms with van der Waals surface area (Å²) in [7, 11) is 6.23. The lowest BCUT2D eigenvalue weighted by Gasteiger charge is -2.31. The molecule has 0 spiro atoms. The molecular formula is C19H38N4O. The van der Waals surface area contributed by atoms with Crippen LogP contribution in [0.1, 0.15) is 51.4 Å². The van der Waals surface area contributed by atoms with Crippen LogP contribution in [0.25, 0.3) is 0 Å². The van der Waals surface area contributed by atoms with Gasteiger partial charge in [-0.15, -0.1) is 0 Å². The van der Waals surface area contributed by atoms with Gasteiger partial charge in [0.15, 0.2) is 5.96 Å². The van der Waals surface area contributed by atoms with Crippen LogP contribution in [0.3, 0.4) is 0 Å². The molecule has 2 aliphatic rings. The van der Waals surface area contributed by atoms with E-state index in [-0.39, 0.29) is 0 Å². The van der Waals surface area contributed by atoms with Crippen LogP contribution in [0.5, 0.6) is 0 Å². The molecule has 0 heterocycles. The van der Waals surface area contributed by atoms with E-state index in [1.54, 1.807) is 0 Å². The number of aliphatic imine (C=N–C) groups is 1.